The Balaban J connectivity index is 1.37. The molecule has 8 aromatic rings. The summed E-state index contributed by atoms with van der Waals surface area (Å²) in [5.41, 5.74) is 9.48. The van der Waals surface area contributed by atoms with E-state index in [4.69, 9.17) is 15.0 Å². The Morgan fingerprint density at radius 1 is 0.531 bits per heavy atom. The third-order valence-corrected chi connectivity index (χ3v) is 8.85. The normalized spacial score (nSPS) is 11.9. The SMILES string of the molecule is C=N/C(=C\C=C/C)c1nc(-c2ccccc2)c2ccc3ccc(-c4cc(-c5ccc6ccccc6c5)cc(-c5ccccc5)n4)cc3c2n1. The van der Waals surface area contributed by atoms with Crippen molar-refractivity contribution in [1.82, 2.24) is 15.0 Å². The van der Waals surface area contributed by atoms with Crippen molar-refractivity contribution in [3.63, 3.8) is 0 Å². The highest BCUT2D eigenvalue weighted by Crippen LogP contribution is 2.36. The van der Waals surface area contributed by atoms with E-state index in [1.165, 1.54) is 10.8 Å². The molecule has 0 unspecified atom stereocenters. The summed E-state index contributed by atoms with van der Waals surface area (Å²) in [6, 6.07) is 50.9. The lowest BCUT2D eigenvalue weighted by atomic mass is 9.96. The third-order valence-electron chi connectivity index (χ3n) is 8.85. The molecule has 0 aliphatic heterocycles. The lowest BCUT2D eigenvalue weighted by Gasteiger charge is -2.14. The van der Waals surface area contributed by atoms with Gasteiger partial charge in [0.05, 0.1) is 22.6 Å². The van der Waals surface area contributed by atoms with Crippen LogP contribution < -0.4 is 0 Å². The summed E-state index contributed by atoms with van der Waals surface area (Å²) in [7, 11) is 0. The highest BCUT2D eigenvalue weighted by Gasteiger charge is 2.16. The van der Waals surface area contributed by atoms with Gasteiger partial charge in [0.25, 0.3) is 0 Å². The summed E-state index contributed by atoms with van der Waals surface area (Å²) < 4.78 is 0. The number of hydrogen-bond donors (Lipinski definition) is 0. The number of rotatable bonds is 7. The first-order valence-corrected chi connectivity index (χ1v) is 16.4. The molecule has 0 saturated carbocycles. The minimum atomic E-state index is 0.528. The molecule has 0 spiro atoms. The molecule has 0 atom stereocenters. The van der Waals surface area contributed by atoms with Crippen molar-refractivity contribution in [2.24, 2.45) is 4.99 Å². The summed E-state index contributed by atoms with van der Waals surface area (Å²) in [6.45, 7) is 5.80. The van der Waals surface area contributed by atoms with Crippen LogP contribution in [-0.2, 0) is 0 Å². The van der Waals surface area contributed by atoms with Gasteiger partial charge < -0.3 is 0 Å². The van der Waals surface area contributed by atoms with Crippen LogP contribution in [0.2, 0.25) is 0 Å². The quantitative estimate of drug-likeness (QED) is 0.100. The van der Waals surface area contributed by atoms with Gasteiger partial charge >= 0.3 is 0 Å². The molecule has 232 valence electrons. The molecule has 2 heterocycles. The average Bonchev–Trinajstić information content (AvgIpc) is 3.18. The van der Waals surface area contributed by atoms with Gasteiger partial charge in [-0.2, -0.15) is 0 Å². The molecule has 0 amide bonds. The summed E-state index contributed by atoms with van der Waals surface area (Å²) >= 11 is 0. The number of fused-ring (bicyclic) bond motifs is 4. The molecule has 0 bridgehead atoms. The minimum absolute atomic E-state index is 0.528. The lowest BCUT2D eigenvalue weighted by Crippen LogP contribution is -1.98. The number of pyridine rings is 1. The molecule has 0 aliphatic carbocycles. The second-order valence-corrected chi connectivity index (χ2v) is 11.9. The standard InChI is InChI=1S/C45H32N4/c1-3-4-19-40(46-2)45-48-43(33-16-9-6-10-17-33)38-25-24-31-21-23-36(27-39(31)44(38)49-45)42-29-37(28-41(47-42)32-14-7-5-8-15-32)35-22-20-30-13-11-12-18-34(30)26-35/h3-29H,2H2,1H3/b4-3-,40-19-. The summed E-state index contributed by atoms with van der Waals surface area (Å²) in [5.74, 6) is 0.528. The predicted octanol–water partition coefficient (Wildman–Crippen LogP) is 11.6. The summed E-state index contributed by atoms with van der Waals surface area (Å²) in [5, 5.41) is 5.50. The zero-order valence-corrected chi connectivity index (χ0v) is 27.1. The fourth-order valence-electron chi connectivity index (χ4n) is 6.36. The smallest absolute Gasteiger partial charge is 0.179 e. The third kappa shape index (κ3) is 5.81. The number of aromatic nitrogens is 3. The van der Waals surface area contributed by atoms with Crippen molar-refractivity contribution < 1.29 is 0 Å². The zero-order chi connectivity index (χ0) is 33.2. The Bertz CT molecular complexity index is 2570. The van der Waals surface area contributed by atoms with Gasteiger partial charge in [0.15, 0.2) is 5.82 Å². The second kappa shape index (κ2) is 12.9. The molecular formula is C45H32N4. The highest BCUT2D eigenvalue weighted by atomic mass is 14.9. The van der Waals surface area contributed by atoms with Crippen molar-refractivity contribution in [1.29, 1.82) is 0 Å². The zero-order valence-electron chi connectivity index (χ0n) is 27.1. The number of aliphatic imine (C=N–C) groups is 1. The van der Waals surface area contributed by atoms with Crippen molar-refractivity contribution >= 4 is 44.9 Å². The molecule has 6 aromatic carbocycles. The first-order chi connectivity index (χ1) is 24.2. The van der Waals surface area contributed by atoms with E-state index in [9.17, 15) is 0 Å². The largest absolute Gasteiger partial charge is 0.261 e. The molecule has 2 aromatic heterocycles. The molecule has 0 fully saturated rings. The van der Waals surface area contributed by atoms with Gasteiger partial charge in [-0.1, -0.05) is 127 Å². The monoisotopic (exact) mass is 628 g/mol. The van der Waals surface area contributed by atoms with E-state index >= 15 is 0 Å². The molecule has 0 saturated heterocycles. The first kappa shape index (κ1) is 29.9. The van der Waals surface area contributed by atoms with Gasteiger partial charge in [-0.05, 0) is 77.3 Å². The van der Waals surface area contributed by atoms with Gasteiger partial charge in [0.2, 0.25) is 0 Å². The molecule has 49 heavy (non-hydrogen) atoms. The van der Waals surface area contributed by atoms with E-state index in [0.29, 0.717) is 11.5 Å². The Hall–Kier alpha value is -6.52. The number of hydrogen-bond acceptors (Lipinski definition) is 4. The highest BCUT2D eigenvalue weighted by molar-refractivity contribution is 6.10. The van der Waals surface area contributed by atoms with Crippen LogP contribution in [0.1, 0.15) is 12.7 Å². The molecule has 0 N–H and O–H groups in total. The average molecular weight is 629 g/mol. The number of benzene rings is 6. The van der Waals surface area contributed by atoms with Gasteiger partial charge in [-0.15, -0.1) is 0 Å². The molecule has 4 nitrogen and oxygen atoms in total. The lowest BCUT2D eigenvalue weighted by molar-refractivity contribution is 1.16. The van der Waals surface area contributed by atoms with Crippen LogP contribution in [0, 0.1) is 0 Å². The number of allylic oxidation sites excluding steroid dienone is 3. The Labute approximate surface area is 285 Å². The van der Waals surface area contributed by atoms with Crippen LogP contribution in [0.15, 0.2) is 169 Å². The van der Waals surface area contributed by atoms with Crippen LogP contribution in [0.25, 0.3) is 83.0 Å². The maximum absolute atomic E-state index is 5.23. The first-order valence-electron chi connectivity index (χ1n) is 16.4. The van der Waals surface area contributed by atoms with E-state index in [0.717, 1.165) is 66.6 Å². The van der Waals surface area contributed by atoms with Crippen LogP contribution in [0.4, 0.5) is 0 Å². The fourth-order valence-corrected chi connectivity index (χ4v) is 6.36. The predicted molar refractivity (Wildman–Crippen MR) is 206 cm³/mol. The van der Waals surface area contributed by atoms with Gasteiger partial charge in [-0.3, -0.25) is 4.99 Å². The molecule has 8 rings (SSSR count). The van der Waals surface area contributed by atoms with Crippen molar-refractivity contribution in [2.45, 2.75) is 6.92 Å². The number of nitrogens with zero attached hydrogens (tertiary/aromatic N) is 4. The molecule has 0 radical (unpaired) electrons. The van der Waals surface area contributed by atoms with Crippen LogP contribution in [0.5, 0.6) is 0 Å². The Morgan fingerprint density at radius 3 is 1.94 bits per heavy atom. The van der Waals surface area contributed by atoms with Crippen LogP contribution >= 0.6 is 0 Å². The van der Waals surface area contributed by atoms with Gasteiger partial charge in [0, 0.05) is 27.5 Å². The van der Waals surface area contributed by atoms with Crippen molar-refractivity contribution in [3.05, 3.63) is 170 Å². The summed E-state index contributed by atoms with van der Waals surface area (Å²) in [6.07, 6.45) is 5.78. The fraction of sp³-hybridized carbons (Fsp3) is 0.0222. The molecule has 0 aliphatic rings. The minimum Gasteiger partial charge on any atom is -0.261 e. The topological polar surface area (TPSA) is 51.0 Å². The Morgan fingerprint density at radius 2 is 1.18 bits per heavy atom. The van der Waals surface area contributed by atoms with E-state index in [2.05, 4.69) is 133 Å². The van der Waals surface area contributed by atoms with Gasteiger partial charge in [-0.25, -0.2) is 15.0 Å². The van der Waals surface area contributed by atoms with E-state index < -0.39 is 0 Å². The van der Waals surface area contributed by atoms with Crippen molar-refractivity contribution in [3.8, 4) is 44.9 Å². The second-order valence-electron chi connectivity index (χ2n) is 11.9. The molecular weight excluding hydrogens is 597 g/mol. The molecule has 4 heteroatoms. The maximum atomic E-state index is 5.23. The van der Waals surface area contributed by atoms with Crippen molar-refractivity contribution in [2.75, 3.05) is 0 Å². The van der Waals surface area contributed by atoms with Crippen LogP contribution in [-0.4, -0.2) is 21.7 Å². The van der Waals surface area contributed by atoms with E-state index in [1.54, 1.807) is 0 Å². The maximum Gasteiger partial charge on any atom is 0.179 e. The van der Waals surface area contributed by atoms with Gasteiger partial charge in [0.1, 0.15) is 5.70 Å². The van der Waals surface area contributed by atoms with E-state index in [1.807, 2.05) is 49.4 Å². The van der Waals surface area contributed by atoms with Crippen LogP contribution in [0.3, 0.4) is 0 Å². The summed E-state index contributed by atoms with van der Waals surface area (Å²) in [4.78, 5) is 19.7. The Kier molecular flexibility index (Phi) is 7.88. The van der Waals surface area contributed by atoms with E-state index in [-0.39, 0.29) is 0 Å².